The van der Waals surface area contributed by atoms with Gasteiger partial charge in [0.1, 0.15) is 0 Å². The Bertz CT molecular complexity index is 145. The molecule has 0 spiro atoms. The number of aliphatic hydroxyl groups excluding tert-OH is 1. The maximum atomic E-state index is 8.66. The van der Waals surface area contributed by atoms with Crippen molar-refractivity contribution in [3.8, 4) is 0 Å². The third-order valence-electron chi connectivity index (χ3n) is 1.57. The summed E-state index contributed by atoms with van der Waals surface area (Å²) < 4.78 is 0. The van der Waals surface area contributed by atoms with Gasteiger partial charge in [-0.3, -0.25) is 0 Å². The summed E-state index contributed by atoms with van der Waals surface area (Å²) in [5.74, 6) is 0.653. The molecule has 1 aliphatic rings. The largest absolute Gasteiger partial charge is 0.392 e. The fourth-order valence-corrected chi connectivity index (χ4v) is 0.889. The van der Waals surface area contributed by atoms with E-state index in [1.54, 1.807) is 0 Å². The lowest BCUT2D eigenvalue weighted by molar-refractivity contribution is 0.333. The van der Waals surface area contributed by atoms with Crippen molar-refractivity contribution >= 4 is 0 Å². The minimum absolute atomic E-state index is 0.184. The van der Waals surface area contributed by atoms with Gasteiger partial charge in [-0.1, -0.05) is 25.2 Å². The van der Waals surface area contributed by atoms with Gasteiger partial charge in [-0.15, -0.1) is 0 Å². The van der Waals surface area contributed by atoms with E-state index in [4.69, 9.17) is 5.11 Å². The average molecular weight is 124 g/mol. The Morgan fingerprint density at radius 3 is 3.00 bits per heavy atom. The van der Waals surface area contributed by atoms with Crippen molar-refractivity contribution in [2.75, 3.05) is 6.61 Å². The first-order valence-electron chi connectivity index (χ1n) is 3.31. The zero-order chi connectivity index (χ0) is 6.69. The van der Waals surface area contributed by atoms with Crippen LogP contribution in [-0.4, -0.2) is 11.7 Å². The molecule has 0 aromatic heterocycles. The zero-order valence-corrected chi connectivity index (χ0v) is 5.67. The number of allylic oxidation sites excluding steroid dienone is 2. The smallest absolute Gasteiger partial charge is 0.0678 e. The summed E-state index contributed by atoms with van der Waals surface area (Å²) in [6, 6.07) is 0. The monoisotopic (exact) mass is 124 g/mol. The maximum absolute atomic E-state index is 8.66. The van der Waals surface area contributed by atoms with Gasteiger partial charge in [0.25, 0.3) is 0 Å². The van der Waals surface area contributed by atoms with Crippen molar-refractivity contribution in [2.24, 2.45) is 5.92 Å². The first-order valence-corrected chi connectivity index (χ1v) is 3.31. The van der Waals surface area contributed by atoms with E-state index in [2.05, 4.69) is 19.1 Å². The van der Waals surface area contributed by atoms with E-state index >= 15 is 0 Å². The number of rotatable bonds is 1. The van der Waals surface area contributed by atoms with Gasteiger partial charge >= 0.3 is 0 Å². The molecule has 1 heteroatoms. The van der Waals surface area contributed by atoms with Gasteiger partial charge < -0.3 is 5.11 Å². The molecule has 1 aliphatic carbocycles. The fourth-order valence-electron chi connectivity index (χ4n) is 0.889. The fraction of sp³-hybridized carbons (Fsp3) is 0.500. The van der Waals surface area contributed by atoms with E-state index in [0.29, 0.717) is 5.92 Å². The summed E-state index contributed by atoms with van der Waals surface area (Å²) in [6.45, 7) is 2.35. The van der Waals surface area contributed by atoms with Crippen molar-refractivity contribution in [3.63, 3.8) is 0 Å². The molecule has 0 aromatic carbocycles. The summed E-state index contributed by atoms with van der Waals surface area (Å²) in [6.07, 6.45) is 7.29. The van der Waals surface area contributed by atoms with E-state index in [0.717, 1.165) is 12.0 Å². The lowest BCUT2D eigenvalue weighted by Crippen LogP contribution is -1.96. The molecule has 0 heterocycles. The predicted octanol–water partition coefficient (Wildman–Crippen LogP) is 1.50. The molecule has 0 saturated carbocycles. The van der Waals surface area contributed by atoms with Gasteiger partial charge in [0.05, 0.1) is 6.61 Å². The highest BCUT2D eigenvalue weighted by molar-refractivity contribution is 5.23. The average Bonchev–Trinajstić information content (AvgIpc) is 1.90. The lowest BCUT2D eigenvalue weighted by Gasteiger charge is -2.08. The van der Waals surface area contributed by atoms with E-state index < -0.39 is 0 Å². The first kappa shape index (κ1) is 6.56. The van der Waals surface area contributed by atoms with Crippen molar-refractivity contribution in [2.45, 2.75) is 13.3 Å². The second kappa shape index (κ2) is 2.83. The molecule has 1 rings (SSSR count). The van der Waals surface area contributed by atoms with Gasteiger partial charge in [-0.2, -0.15) is 0 Å². The van der Waals surface area contributed by atoms with Crippen LogP contribution in [0.4, 0.5) is 0 Å². The van der Waals surface area contributed by atoms with Gasteiger partial charge in [0.15, 0.2) is 0 Å². The highest BCUT2D eigenvalue weighted by atomic mass is 16.3. The predicted molar refractivity (Wildman–Crippen MR) is 38.1 cm³/mol. The summed E-state index contributed by atoms with van der Waals surface area (Å²) in [5.41, 5.74) is 1.05. The Morgan fingerprint density at radius 1 is 1.78 bits per heavy atom. The standard InChI is InChI=1S/C8H12O/c1-7-2-4-8(6-9)5-3-7/h2,4-5,7,9H,3,6H2,1H3. The molecule has 9 heavy (non-hydrogen) atoms. The van der Waals surface area contributed by atoms with Crippen molar-refractivity contribution in [1.29, 1.82) is 0 Å². The normalized spacial score (nSPS) is 26.0. The molecule has 50 valence electrons. The molecule has 0 bridgehead atoms. The van der Waals surface area contributed by atoms with Crippen LogP contribution in [0.2, 0.25) is 0 Å². The van der Waals surface area contributed by atoms with Crippen LogP contribution in [0.3, 0.4) is 0 Å². The zero-order valence-electron chi connectivity index (χ0n) is 5.67. The topological polar surface area (TPSA) is 20.2 Å². The molecule has 0 radical (unpaired) electrons. The van der Waals surface area contributed by atoms with Gasteiger partial charge in [-0.05, 0) is 17.9 Å². The molecule has 0 aliphatic heterocycles. The third kappa shape index (κ3) is 1.68. The molecule has 0 fully saturated rings. The van der Waals surface area contributed by atoms with E-state index in [1.165, 1.54) is 0 Å². The number of hydrogen-bond acceptors (Lipinski definition) is 1. The highest BCUT2D eigenvalue weighted by Crippen LogP contribution is 2.14. The van der Waals surface area contributed by atoms with Gasteiger partial charge in [-0.25, -0.2) is 0 Å². The van der Waals surface area contributed by atoms with Crippen molar-refractivity contribution in [3.05, 3.63) is 23.8 Å². The Morgan fingerprint density at radius 2 is 2.56 bits per heavy atom. The molecule has 1 N–H and O–H groups in total. The van der Waals surface area contributed by atoms with Crippen LogP contribution < -0.4 is 0 Å². The van der Waals surface area contributed by atoms with Crippen LogP contribution in [0.5, 0.6) is 0 Å². The van der Waals surface area contributed by atoms with Crippen molar-refractivity contribution < 1.29 is 5.11 Å². The van der Waals surface area contributed by atoms with Crippen LogP contribution in [0.1, 0.15) is 13.3 Å². The number of aliphatic hydroxyl groups is 1. The molecular formula is C8H12O. The SMILES string of the molecule is CC1C=CC(CO)=CC1. The summed E-state index contributed by atoms with van der Waals surface area (Å²) in [7, 11) is 0. The van der Waals surface area contributed by atoms with Crippen LogP contribution in [0.25, 0.3) is 0 Å². The quantitative estimate of drug-likeness (QED) is 0.561. The molecule has 1 nitrogen and oxygen atoms in total. The highest BCUT2D eigenvalue weighted by Gasteiger charge is 2.00. The Kier molecular flexibility index (Phi) is 2.06. The van der Waals surface area contributed by atoms with E-state index in [-0.39, 0.29) is 6.61 Å². The molecule has 1 unspecified atom stereocenters. The van der Waals surface area contributed by atoms with E-state index in [1.807, 2.05) is 6.08 Å². The minimum Gasteiger partial charge on any atom is -0.392 e. The van der Waals surface area contributed by atoms with Crippen LogP contribution >= 0.6 is 0 Å². The molecule has 0 amide bonds. The molecule has 1 atom stereocenters. The number of hydrogen-bond donors (Lipinski definition) is 1. The molecule has 0 saturated heterocycles. The van der Waals surface area contributed by atoms with Crippen LogP contribution in [-0.2, 0) is 0 Å². The van der Waals surface area contributed by atoms with Gasteiger partial charge in [0.2, 0.25) is 0 Å². The minimum atomic E-state index is 0.184. The molecule has 0 aromatic rings. The summed E-state index contributed by atoms with van der Waals surface area (Å²) in [4.78, 5) is 0. The Labute approximate surface area is 55.7 Å². The second-order valence-electron chi connectivity index (χ2n) is 2.51. The summed E-state index contributed by atoms with van der Waals surface area (Å²) >= 11 is 0. The van der Waals surface area contributed by atoms with Crippen LogP contribution in [0, 0.1) is 5.92 Å². The maximum Gasteiger partial charge on any atom is 0.0678 e. The first-order chi connectivity index (χ1) is 4.33. The Hall–Kier alpha value is -0.560. The lowest BCUT2D eigenvalue weighted by atomic mass is 9.99. The third-order valence-corrected chi connectivity index (χ3v) is 1.57. The second-order valence-corrected chi connectivity index (χ2v) is 2.51. The summed E-state index contributed by atoms with van der Waals surface area (Å²) in [5, 5.41) is 8.66. The van der Waals surface area contributed by atoms with Crippen LogP contribution in [0.15, 0.2) is 23.8 Å². The van der Waals surface area contributed by atoms with Gasteiger partial charge in [0, 0.05) is 0 Å². The van der Waals surface area contributed by atoms with E-state index in [9.17, 15) is 0 Å². The molecular weight excluding hydrogens is 112 g/mol. The van der Waals surface area contributed by atoms with Crippen molar-refractivity contribution in [1.82, 2.24) is 0 Å². The Balaban J connectivity index is 2.52.